The van der Waals surface area contributed by atoms with Gasteiger partial charge in [0, 0.05) is 24.9 Å². The van der Waals surface area contributed by atoms with Crippen molar-refractivity contribution in [3.05, 3.63) is 59.4 Å². The van der Waals surface area contributed by atoms with Gasteiger partial charge < -0.3 is 14.0 Å². The Bertz CT molecular complexity index is 1270. The first kappa shape index (κ1) is 21.8. The summed E-state index contributed by atoms with van der Waals surface area (Å²) < 4.78 is 36.7. The number of ether oxygens (including phenoxy) is 2. The molecule has 0 aliphatic carbocycles. The second kappa shape index (κ2) is 8.85. The molecule has 2 aromatic carbocycles. The minimum Gasteiger partial charge on any atom is -0.493 e. The number of methoxy groups -OCH3 is 2. The summed E-state index contributed by atoms with van der Waals surface area (Å²) in [7, 11) is -0.139. The molecule has 1 amide bonds. The number of nitrogens with zero attached hydrogens (tertiary/aromatic N) is 2. The Morgan fingerprint density at radius 1 is 1.17 bits per heavy atom. The van der Waals surface area contributed by atoms with Crippen molar-refractivity contribution in [3.8, 4) is 11.5 Å². The Morgan fingerprint density at radius 2 is 1.80 bits per heavy atom. The second-order valence-electron chi connectivity index (χ2n) is 6.56. The number of rotatable bonds is 7. The number of thiazole rings is 1. The molecule has 1 heterocycles. The van der Waals surface area contributed by atoms with E-state index in [-0.39, 0.29) is 17.2 Å². The Balaban J connectivity index is 1.98. The van der Waals surface area contributed by atoms with Gasteiger partial charge in [0.25, 0.3) is 5.91 Å². The summed E-state index contributed by atoms with van der Waals surface area (Å²) in [4.78, 5) is 17.6. The lowest BCUT2D eigenvalue weighted by Crippen LogP contribution is -2.17. The maximum Gasteiger partial charge on any atom is 0.252 e. The number of aromatic nitrogens is 1. The lowest BCUT2D eigenvalue weighted by atomic mass is 10.1. The summed E-state index contributed by atoms with van der Waals surface area (Å²) in [5.41, 5.74) is 1.55. The van der Waals surface area contributed by atoms with Crippen LogP contribution in [0.2, 0.25) is 0 Å². The van der Waals surface area contributed by atoms with Crippen molar-refractivity contribution in [1.29, 1.82) is 0 Å². The quantitative estimate of drug-likeness (QED) is 0.521. The average molecular weight is 447 g/mol. The maximum atomic E-state index is 12.6. The van der Waals surface area contributed by atoms with E-state index < -0.39 is 9.84 Å². The van der Waals surface area contributed by atoms with E-state index in [4.69, 9.17) is 9.47 Å². The number of hydrogen-bond donors (Lipinski definition) is 0. The normalized spacial score (nSPS) is 12.2. The summed E-state index contributed by atoms with van der Waals surface area (Å²) in [6.07, 6.45) is 2.95. The second-order valence-corrected chi connectivity index (χ2v) is 9.58. The van der Waals surface area contributed by atoms with Gasteiger partial charge in [0.2, 0.25) is 0 Å². The van der Waals surface area contributed by atoms with Crippen LogP contribution in [0.1, 0.15) is 5.56 Å². The molecule has 3 rings (SSSR count). The van der Waals surface area contributed by atoms with Crippen molar-refractivity contribution in [1.82, 2.24) is 4.57 Å². The van der Waals surface area contributed by atoms with Crippen molar-refractivity contribution >= 4 is 37.3 Å². The Labute approximate surface area is 178 Å². The molecule has 0 bridgehead atoms. The van der Waals surface area contributed by atoms with Gasteiger partial charge in [-0.2, -0.15) is 4.99 Å². The third kappa shape index (κ3) is 4.63. The van der Waals surface area contributed by atoms with Gasteiger partial charge in [-0.15, -0.1) is 6.58 Å². The molecule has 158 valence electrons. The fraction of sp³-hybridized carbons (Fsp3) is 0.238. The zero-order chi connectivity index (χ0) is 21.9. The van der Waals surface area contributed by atoms with Gasteiger partial charge in [0.15, 0.2) is 26.1 Å². The van der Waals surface area contributed by atoms with Gasteiger partial charge in [0.05, 0.1) is 35.8 Å². The molecule has 9 heteroatoms. The van der Waals surface area contributed by atoms with Crippen LogP contribution in [0.4, 0.5) is 0 Å². The monoisotopic (exact) mass is 446 g/mol. The minimum atomic E-state index is -3.27. The highest BCUT2D eigenvalue weighted by molar-refractivity contribution is 7.90. The van der Waals surface area contributed by atoms with Crippen LogP contribution >= 0.6 is 11.3 Å². The molecule has 0 saturated heterocycles. The lowest BCUT2D eigenvalue weighted by Gasteiger charge is -2.08. The van der Waals surface area contributed by atoms with Crippen LogP contribution < -0.4 is 14.3 Å². The van der Waals surface area contributed by atoms with Crippen LogP contribution in [0.15, 0.2) is 58.9 Å². The highest BCUT2D eigenvalue weighted by atomic mass is 32.2. The van der Waals surface area contributed by atoms with E-state index >= 15 is 0 Å². The van der Waals surface area contributed by atoms with Crippen molar-refractivity contribution < 1.29 is 22.7 Å². The molecule has 0 radical (unpaired) electrons. The number of sulfone groups is 1. The van der Waals surface area contributed by atoms with E-state index in [1.807, 2.05) is 16.7 Å². The number of benzene rings is 2. The largest absolute Gasteiger partial charge is 0.493 e. The first-order chi connectivity index (χ1) is 14.3. The highest BCUT2D eigenvalue weighted by Crippen LogP contribution is 2.33. The molecular formula is C21H22N2O5S2. The lowest BCUT2D eigenvalue weighted by molar-refractivity contribution is -0.117. The fourth-order valence-corrected chi connectivity index (χ4v) is 4.66. The fourth-order valence-electron chi connectivity index (χ4n) is 2.96. The summed E-state index contributed by atoms with van der Waals surface area (Å²) in [6, 6.07) is 9.94. The topological polar surface area (TPSA) is 87.0 Å². The SMILES string of the molecule is C=CCn1c(=NC(=O)Cc2ccc(S(C)(=O)=O)cc2)sc2cc(OC)c(OC)cc21. The van der Waals surface area contributed by atoms with Crippen molar-refractivity contribution in [2.45, 2.75) is 17.9 Å². The van der Waals surface area contributed by atoms with Gasteiger partial charge in [-0.3, -0.25) is 4.79 Å². The minimum absolute atomic E-state index is 0.0685. The van der Waals surface area contributed by atoms with Crippen molar-refractivity contribution in [2.75, 3.05) is 20.5 Å². The third-order valence-electron chi connectivity index (χ3n) is 4.43. The number of amides is 1. The van der Waals surface area contributed by atoms with Crippen LogP contribution in [0.25, 0.3) is 10.2 Å². The number of carbonyl (C=O) groups is 1. The molecule has 1 aromatic heterocycles. The Hall–Kier alpha value is -2.91. The van der Waals surface area contributed by atoms with Crippen molar-refractivity contribution in [2.24, 2.45) is 4.99 Å². The van der Waals surface area contributed by atoms with Gasteiger partial charge in [-0.1, -0.05) is 29.5 Å². The molecule has 0 atom stereocenters. The summed E-state index contributed by atoms with van der Waals surface area (Å²) in [5, 5.41) is 0. The van der Waals surface area contributed by atoms with Gasteiger partial charge >= 0.3 is 0 Å². The van der Waals surface area contributed by atoms with Gasteiger partial charge in [-0.05, 0) is 17.7 Å². The molecule has 0 fully saturated rings. The van der Waals surface area contributed by atoms with E-state index in [1.54, 1.807) is 32.4 Å². The summed E-state index contributed by atoms with van der Waals surface area (Å²) in [5.74, 6) is 0.857. The van der Waals surface area contributed by atoms with Crippen LogP contribution in [0.3, 0.4) is 0 Å². The number of allylic oxidation sites excluding steroid dienone is 1. The molecule has 0 N–H and O–H groups in total. The summed E-state index contributed by atoms with van der Waals surface area (Å²) in [6.45, 7) is 4.26. The number of hydrogen-bond acceptors (Lipinski definition) is 6. The Kier molecular flexibility index (Phi) is 6.42. The van der Waals surface area contributed by atoms with E-state index in [1.165, 1.54) is 23.5 Å². The zero-order valence-corrected chi connectivity index (χ0v) is 18.5. The molecule has 0 aliphatic rings. The predicted molar refractivity (Wildman–Crippen MR) is 117 cm³/mol. The maximum absolute atomic E-state index is 12.6. The number of carbonyl (C=O) groups excluding carboxylic acids is 1. The van der Waals surface area contributed by atoms with Gasteiger partial charge in [0.1, 0.15) is 0 Å². The van der Waals surface area contributed by atoms with Crippen LogP contribution in [0, 0.1) is 0 Å². The third-order valence-corrected chi connectivity index (χ3v) is 6.60. The Morgan fingerprint density at radius 3 is 2.37 bits per heavy atom. The molecule has 7 nitrogen and oxygen atoms in total. The summed E-state index contributed by atoms with van der Waals surface area (Å²) >= 11 is 1.37. The predicted octanol–water partition coefficient (Wildman–Crippen LogP) is 2.98. The van der Waals surface area contributed by atoms with Crippen LogP contribution in [-0.4, -0.2) is 39.4 Å². The molecular weight excluding hydrogens is 424 g/mol. The van der Waals surface area contributed by atoms with Crippen LogP contribution in [-0.2, 0) is 27.6 Å². The molecule has 0 saturated carbocycles. The van der Waals surface area contributed by atoms with E-state index in [9.17, 15) is 13.2 Å². The smallest absolute Gasteiger partial charge is 0.252 e. The van der Waals surface area contributed by atoms with E-state index in [2.05, 4.69) is 11.6 Å². The highest BCUT2D eigenvalue weighted by Gasteiger charge is 2.13. The number of fused-ring (bicyclic) bond motifs is 1. The average Bonchev–Trinajstić information content (AvgIpc) is 3.02. The molecule has 30 heavy (non-hydrogen) atoms. The zero-order valence-electron chi connectivity index (χ0n) is 16.9. The van der Waals surface area contributed by atoms with E-state index in [0.29, 0.717) is 28.4 Å². The van der Waals surface area contributed by atoms with Crippen molar-refractivity contribution in [3.63, 3.8) is 0 Å². The molecule has 0 aliphatic heterocycles. The first-order valence-electron chi connectivity index (χ1n) is 8.99. The molecule has 0 spiro atoms. The molecule has 0 unspecified atom stereocenters. The van der Waals surface area contributed by atoms with Crippen LogP contribution in [0.5, 0.6) is 11.5 Å². The standard InChI is InChI=1S/C21H22N2O5S2/c1-5-10-23-16-12-17(27-2)18(28-3)13-19(16)29-21(23)22-20(24)11-14-6-8-15(9-7-14)30(4,25)26/h5-9,12-13H,1,10-11H2,2-4H3. The first-order valence-corrected chi connectivity index (χ1v) is 11.7. The van der Waals surface area contributed by atoms with E-state index in [0.717, 1.165) is 16.5 Å². The molecule has 3 aromatic rings. The van der Waals surface area contributed by atoms with Gasteiger partial charge in [-0.25, -0.2) is 8.42 Å².